The quantitative estimate of drug-likeness (QED) is 0.0349. The lowest BCUT2D eigenvalue weighted by molar-refractivity contribution is 0.286. The van der Waals surface area contributed by atoms with Crippen LogP contribution in [0.5, 0.6) is 46.0 Å². The molecule has 0 N–H and O–H groups in total. The normalized spacial score (nSPS) is 18.8. The summed E-state index contributed by atoms with van der Waals surface area (Å²) < 4.78 is 52.6. The van der Waals surface area contributed by atoms with Gasteiger partial charge in [0.15, 0.2) is 0 Å². The molecule has 8 nitrogen and oxygen atoms in total. The maximum Gasteiger partial charge on any atom is 0.127 e. The number of ether oxygens (including phenoxy) is 8. The van der Waals surface area contributed by atoms with E-state index in [4.69, 9.17) is 37.9 Å². The van der Waals surface area contributed by atoms with Crippen LogP contribution in [-0.2, 0) is 0 Å². The first-order valence-electron chi connectivity index (χ1n) is 55.9. The minimum absolute atomic E-state index is 0.620. The third-order valence-electron chi connectivity index (χ3n) is 31.1. The van der Waals surface area contributed by atoms with E-state index < -0.39 is 0 Å². The molecule has 4 aliphatic carbocycles. The van der Waals surface area contributed by atoms with Gasteiger partial charge >= 0.3 is 0 Å². The van der Waals surface area contributed by atoms with Gasteiger partial charge in [-0.3, -0.25) is 0 Å². The molecule has 4 fully saturated rings. The van der Waals surface area contributed by atoms with Gasteiger partial charge < -0.3 is 37.9 Å². The van der Waals surface area contributed by atoms with Gasteiger partial charge in [0.25, 0.3) is 0 Å². The molecule has 0 aromatic heterocycles. The Morgan fingerprint density at radius 1 is 0.182 bits per heavy atom. The molecule has 8 heteroatoms. The van der Waals surface area contributed by atoms with Crippen LogP contribution in [0.2, 0.25) is 0 Å². The van der Waals surface area contributed by atoms with E-state index in [1.165, 1.54) is 330 Å². The maximum atomic E-state index is 7.08. The molecule has 4 aliphatic rings. The molecule has 0 spiro atoms. The van der Waals surface area contributed by atoms with Crippen molar-refractivity contribution in [3.63, 3.8) is 0 Å². The van der Waals surface area contributed by atoms with Gasteiger partial charge in [-0.05, 0) is 368 Å². The predicted molar refractivity (Wildman–Crippen MR) is 561 cm³/mol. The topological polar surface area (TPSA) is 73.8 Å². The van der Waals surface area contributed by atoms with Crippen LogP contribution in [0.25, 0.3) is 32.7 Å². The fourth-order valence-corrected chi connectivity index (χ4v) is 22.6. The molecule has 0 heterocycles. The molecule has 0 aliphatic heterocycles. The molecule has 0 atom stereocenters. The SMILES string of the molecule is CCCCCC1CCC(c2ccc(OCCCCCCCCCCCCOc3ccc4c(-c5c(OCCCCCCOc6ccc(C7CCC(CCCCC)CC7)cc6)ccc6cc(OCCCCCCCCCCCCOc7ccc(C8CCC(CCCCC)CC8)cc7)ccc56)c(OCCCCCCOc5ccc(C6CCC(CCCCC)CC6)cc5)ccc4c3)cc2)CC1. The highest BCUT2D eigenvalue weighted by Crippen LogP contribution is 2.49. The molecule has 0 amide bonds. The van der Waals surface area contributed by atoms with Crippen molar-refractivity contribution >= 4 is 21.5 Å². The van der Waals surface area contributed by atoms with Crippen LogP contribution in [0.3, 0.4) is 0 Å². The highest BCUT2D eigenvalue weighted by Gasteiger charge is 2.28. The van der Waals surface area contributed by atoms with Gasteiger partial charge in [-0.15, -0.1) is 0 Å². The van der Waals surface area contributed by atoms with Crippen molar-refractivity contribution in [1.29, 1.82) is 0 Å². The van der Waals surface area contributed by atoms with Crippen molar-refractivity contribution in [1.82, 2.24) is 0 Å². The molecular weight excluding hydrogens is 1620 g/mol. The van der Waals surface area contributed by atoms with Gasteiger partial charge in [0.1, 0.15) is 46.0 Å². The van der Waals surface area contributed by atoms with E-state index in [-0.39, 0.29) is 0 Å². The first-order chi connectivity index (χ1) is 65.4. The highest BCUT2D eigenvalue weighted by atomic mass is 16.5. The summed E-state index contributed by atoms with van der Waals surface area (Å²) in [7, 11) is 0. The van der Waals surface area contributed by atoms with Crippen molar-refractivity contribution in [2.45, 2.75) is 437 Å². The van der Waals surface area contributed by atoms with E-state index in [1.807, 2.05) is 0 Å². The highest BCUT2D eigenvalue weighted by molar-refractivity contribution is 6.10. The standard InChI is InChI=1S/C124H182O8/c1-5-9-33-45-99-49-57-103(58-50-99)107-65-75-113(76-66-107)125-89-37-25-21-17-13-15-19-23-27-39-93-129-117-83-85-119-111(97-117)73-87-121(131-95-43-31-29-41-91-127-115-79-69-109(70-80-115)105-61-53-101(54-62-105)47-35-11-7-3)123(119)124-120-86-84-118(130-94-40-28-24-20-16-14-18-22-26-38-90-126-114-77-67-108(68-78-114)104-59-51-100(52-60-104)46-34-10-6-2)98-112(120)74-88-122(124)132-96-44-32-30-42-92-128-116-81-71-110(72-82-116)106-63-55-102(56-64-106)48-36-12-8-4/h65-88,97-106H,5-64,89-96H2,1-4H3. The van der Waals surface area contributed by atoms with E-state index in [2.05, 4.69) is 185 Å². The minimum atomic E-state index is 0.620. The van der Waals surface area contributed by atoms with Crippen molar-refractivity contribution in [2.24, 2.45) is 23.7 Å². The Kier molecular flexibility index (Phi) is 49.0. The summed E-state index contributed by atoms with van der Waals surface area (Å²) in [6.07, 6.45) is 77.2. The lowest BCUT2D eigenvalue weighted by atomic mass is 9.77. The molecule has 132 heavy (non-hydrogen) atoms. The smallest absolute Gasteiger partial charge is 0.127 e. The number of fused-ring (bicyclic) bond motifs is 2. The number of benzene rings is 8. The van der Waals surface area contributed by atoms with Crippen LogP contribution in [0.4, 0.5) is 0 Å². The molecule has 0 radical (unpaired) electrons. The maximum absolute atomic E-state index is 7.08. The van der Waals surface area contributed by atoms with Crippen LogP contribution in [0, 0.1) is 23.7 Å². The minimum Gasteiger partial charge on any atom is -0.494 e. The van der Waals surface area contributed by atoms with Gasteiger partial charge in [0, 0.05) is 11.1 Å². The van der Waals surface area contributed by atoms with E-state index in [1.54, 1.807) is 0 Å². The zero-order valence-corrected chi connectivity index (χ0v) is 84.0. The van der Waals surface area contributed by atoms with Crippen molar-refractivity contribution in [3.05, 3.63) is 180 Å². The van der Waals surface area contributed by atoms with Crippen LogP contribution >= 0.6 is 0 Å². The van der Waals surface area contributed by atoms with E-state index in [0.717, 1.165) is 218 Å². The van der Waals surface area contributed by atoms with E-state index >= 15 is 0 Å². The van der Waals surface area contributed by atoms with Crippen LogP contribution in [0.1, 0.15) is 459 Å². The summed E-state index contributed by atoms with van der Waals surface area (Å²) in [5.41, 5.74) is 8.17. The zero-order valence-electron chi connectivity index (χ0n) is 84.0. The van der Waals surface area contributed by atoms with Crippen molar-refractivity contribution in [3.8, 4) is 57.1 Å². The second kappa shape index (κ2) is 62.4. The van der Waals surface area contributed by atoms with E-state index in [9.17, 15) is 0 Å². The van der Waals surface area contributed by atoms with Crippen molar-refractivity contribution in [2.75, 3.05) is 52.9 Å². The summed E-state index contributed by atoms with van der Waals surface area (Å²) in [4.78, 5) is 0. The van der Waals surface area contributed by atoms with Gasteiger partial charge in [-0.1, -0.05) is 294 Å². The number of unbranched alkanes of at least 4 members (excludes halogenated alkanes) is 32. The third-order valence-corrected chi connectivity index (χ3v) is 31.1. The first-order valence-corrected chi connectivity index (χ1v) is 55.9. The fraction of sp³-hybridized carbons (Fsp3) is 0.645. The first kappa shape index (κ1) is 104. The second-order valence-corrected chi connectivity index (χ2v) is 41.5. The fourth-order valence-electron chi connectivity index (χ4n) is 22.6. The Morgan fingerprint density at radius 2 is 0.379 bits per heavy atom. The molecule has 726 valence electrons. The number of hydrogen-bond donors (Lipinski definition) is 0. The van der Waals surface area contributed by atoms with Gasteiger partial charge in [-0.2, -0.15) is 0 Å². The third kappa shape index (κ3) is 37.3. The summed E-state index contributed by atoms with van der Waals surface area (Å²) >= 11 is 0. The molecule has 8 aromatic rings. The van der Waals surface area contributed by atoms with Crippen LogP contribution in [-0.4, -0.2) is 52.9 Å². The summed E-state index contributed by atoms with van der Waals surface area (Å²) in [6, 6.07) is 58.9. The Hall–Kier alpha value is -7.32. The zero-order chi connectivity index (χ0) is 91.1. The number of rotatable bonds is 69. The molecular formula is C124H182O8. The lowest BCUT2D eigenvalue weighted by Gasteiger charge is -2.29. The monoisotopic (exact) mass is 1800 g/mol. The Morgan fingerprint density at radius 3 is 0.598 bits per heavy atom. The predicted octanol–water partition coefficient (Wildman–Crippen LogP) is 37.8. The van der Waals surface area contributed by atoms with Gasteiger partial charge in [0.05, 0.1) is 52.9 Å². The molecule has 0 saturated heterocycles. The van der Waals surface area contributed by atoms with Crippen LogP contribution < -0.4 is 37.9 Å². The van der Waals surface area contributed by atoms with Crippen molar-refractivity contribution < 1.29 is 37.9 Å². The lowest BCUT2D eigenvalue weighted by Crippen LogP contribution is -2.13. The molecule has 12 rings (SSSR count). The summed E-state index contributed by atoms with van der Waals surface area (Å²) in [5.74, 6) is 14.3. The van der Waals surface area contributed by atoms with E-state index in [0.29, 0.717) is 38.3 Å². The second-order valence-electron chi connectivity index (χ2n) is 41.5. The average molecular weight is 1800 g/mol. The summed E-state index contributed by atoms with van der Waals surface area (Å²) in [6.45, 7) is 15.0. The average Bonchev–Trinajstić information content (AvgIpc) is 0.747. The number of hydrogen-bond acceptors (Lipinski definition) is 8. The Bertz CT molecular complexity index is 4010. The van der Waals surface area contributed by atoms with Crippen LogP contribution in [0.15, 0.2) is 158 Å². The summed E-state index contributed by atoms with van der Waals surface area (Å²) in [5, 5.41) is 4.53. The Labute approximate surface area is 804 Å². The van der Waals surface area contributed by atoms with Gasteiger partial charge in [-0.25, -0.2) is 0 Å². The molecule has 0 bridgehead atoms. The Balaban J connectivity index is 0.615. The largest absolute Gasteiger partial charge is 0.494 e. The molecule has 8 aromatic carbocycles. The van der Waals surface area contributed by atoms with Gasteiger partial charge in [0.2, 0.25) is 0 Å². The molecule has 4 saturated carbocycles. The molecule has 0 unspecified atom stereocenters.